The Bertz CT molecular complexity index is 512. The fraction of sp³-hybridized carbons (Fsp3) is 0.500. The molecular weight excluding hydrogens is 286 g/mol. The van der Waals surface area contributed by atoms with Crippen molar-refractivity contribution in [2.24, 2.45) is 5.73 Å². The van der Waals surface area contributed by atoms with Crippen LogP contribution in [0.2, 0.25) is 5.02 Å². The third kappa shape index (κ3) is 3.10. The van der Waals surface area contributed by atoms with Crippen LogP contribution in [0, 0.1) is 5.82 Å². The number of likely N-dealkylation sites (tertiary alicyclic amines) is 1. The Morgan fingerprint density at radius 2 is 2.25 bits per heavy atom. The van der Waals surface area contributed by atoms with Gasteiger partial charge in [0.15, 0.2) is 0 Å². The van der Waals surface area contributed by atoms with Gasteiger partial charge in [0.1, 0.15) is 12.0 Å². The Kier molecular flexibility index (Phi) is 4.60. The van der Waals surface area contributed by atoms with Gasteiger partial charge in [-0.05, 0) is 24.1 Å². The van der Waals surface area contributed by atoms with Gasteiger partial charge in [-0.25, -0.2) is 8.78 Å². The van der Waals surface area contributed by atoms with E-state index in [-0.39, 0.29) is 23.4 Å². The van der Waals surface area contributed by atoms with Gasteiger partial charge in [-0.3, -0.25) is 4.79 Å². The predicted octanol–water partition coefficient (Wildman–Crippen LogP) is 2.48. The topological polar surface area (TPSA) is 46.3 Å². The van der Waals surface area contributed by atoms with Crippen LogP contribution in [-0.2, 0) is 4.79 Å². The monoisotopic (exact) mass is 302 g/mol. The first kappa shape index (κ1) is 15.2. The average molecular weight is 303 g/mol. The normalized spacial score (nSPS) is 21.9. The third-order valence-electron chi connectivity index (χ3n) is 3.72. The molecule has 0 aliphatic carbocycles. The highest BCUT2D eigenvalue weighted by Crippen LogP contribution is 2.28. The minimum atomic E-state index is -0.976. The minimum Gasteiger partial charge on any atom is -0.338 e. The Balaban J connectivity index is 2.11. The van der Waals surface area contributed by atoms with Crippen LogP contribution >= 0.6 is 11.6 Å². The highest BCUT2D eigenvalue weighted by molar-refractivity contribution is 6.31. The number of rotatable bonds is 3. The van der Waals surface area contributed by atoms with Gasteiger partial charge in [-0.15, -0.1) is 0 Å². The first-order chi connectivity index (χ1) is 9.40. The number of hydrogen-bond donors (Lipinski definition) is 1. The lowest BCUT2D eigenvalue weighted by Gasteiger charge is -2.25. The summed E-state index contributed by atoms with van der Waals surface area (Å²) in [6, 6.07) is 3.18. The van der Waals surface area contributed by atoms with Gasteiger partial charge >= 0.3 is 0 Å². The fourth-order valence-corrected chi connectivity index (χ4v) is 2.75. The van der Waals surface area contributed by atoms with Gasteiger partial charge in [0, 0.05) is 17.5 Å². The third-order valence-corrected chi connectivity index (χ3v) is 4.05. The molecule has 1 aromatic carbocycles. The maximum absolute atomic E-state index is 13.1. The number of carbonyl (C=O) groups excluding carboxylic acids is 1. The second kappa shape index (κ2) is 6.06. The van der Waals surface area contributed by atoms with E-state index in [2.05, 4.69) is 0 Å². The molecule has 0 unspecified atom stereocenters. The van der Waals surface area contributed by atoms with Crippen molar-refractivity contribution in [3.05, 3.63) is 34.6 Å². The summed E-state index contributed by atoms with van der Waals surface area (Å²) in [4.78, 5) is 13.6. The molecule has 0 bridgehead atoms. The van der Waals surface area contributed by atoms with Crippen molar-refractivity contribution in [1.82, 2.24) is 4.90 Å². The summed E-state index contributed by atoms with van der Waals surface area (Å²) >= 11 is 5.98. The highest BCUT2D eigenvalue weighted by atomic mass is 35.5. The van der Waals surface area contributed by atoms with E-state index in [1.54, 1.807) is 6.92 Å². The summed E-state index contributed by atoms with van der Waals surface area (Å²) in [6.45, 7) is 2.23. The summed E-state index contributed by atoms with van der Waals surface area (Å²) in [5, 5.41) is 0.241. The van der Waals surface area contributed by atoms with Crippen LogP contribution in [-0.4, -0.2) is 36.1 Å². The molecule has 0 radical (unpaired) electrons. The molecule has 1 aromatic rings. The quantitative estimate of drug-likeness (QED) is 0.932. The van der Waals surface area contributed by atoms with Crippen molar-refractivity contribution in [1.29, 1.82) is 0 Å². The molecule has 2 N–H and O–H groups in total. The molecule has 2 rings (SSSR count). The van der Waals surface area contributed by atoms with E-state index in [9.17, 15) is 13.6 Å². The Morgan fingerprint density at radius 1 is 1.55 bits per heavy atom. The largest absolute Gasteiger partial charge is 0.338 e. The van der Waals surface area contributed by atoms with Crippen molar-refractivity contribution in [2.75, 3.05) is 13.1 Å². The number of nitrogens with two attached hydrogens (primary N) is 1. The van der Waals surface area contributed by atoms with Crippen LogP contribution in [0.25, 0.3) is 0 Å². The Labute approximate surface area is 121 Å². The molecule has 0 aromatic heterocycles. The Hall–Kier alpha value is -1.20. The minimum absolute atomic E-state index is 0.0937. The van der Waals surface area contributed by atoms with E-state index >= 15 is 0 Å². The SMILES string of the molecule is C[C@@H](c1ccc(F)cc1Cl)[C@H](N)C(=O)N1CC[C@H](F)C1. The molecule has 1 aliphatic heterocycles. The van der Waals surface area contributed by atoms with Crippen molar-refractivity contribution in [3.8, 4) is 0 Å². The summed E-state index contributed by atoms with van der Waals surface area (Å²) in [6.07, 6.45) is -0.625. The molecule has 3 atom stereocenters. The second-order valence-corrected chi connectivity index (χ2v) is 5.56. The summed E-state index contributed by atoms with van der Waals surface area (Å²) in [7, 11) is 0. The van der Waals surface area contributed by atoms with E-state index in [4.69, 9.17) is 17.3 Å². The molecule has 110 valence electrons. The molecule has 1 aliphatic rings. The van der Waals surface area contributed by atoms with E-state index in [1.165, 1.54) is 23.1 Å². The van der Waals surface area contributed by atoms with Gasteiger partial charge < -0.3 is 10.6 Å². The lowest BCUT2D eigenvalue weighted by atomic mass is 9.93. The van der Waals surface area contributed by atoms with E-state index in [0.29, 0.717) is 18.5 Å². The van der Waals surface area contributed by atoms with E-state index in [0.717, 1.165) is 0 Å². The molecule has 1 amide bonds. The fourth-order valence-electron chi connectivity index (χ4n) is 2.41. The van der Waals surface area contributed by atoms with Crippen LogP contribution in [0.5, 0.6) is 0 Å². The lowest BCUT2D eigenvalue weighted by Crippen LogP contribution is -2.45. The maximum atomic E-state index is 13.1. The van der Waals surface area contributed by atoms with Crippen LogP contribution in [0.3, 0.4) is 0 Å². The molecule has 1 fully saturated rings. The average Bonchev–Trinajstić information content (AvgIpc) is 2.83. The van der Waals surface area contributed by atoms with Crippen molar-refractivity contribution < 1.29 is 13.6 Å². The number of amides is 1. The molecule has 1 heterocycles. The molecule has 0 spiro atoms. The smallest absolute Gasteiger partial charge is 0.240 e. The zero-order valence-corrected chi connectivity index (χ0v) is 11.9. The molecule has 20 heavy (non-hydrogen) atoms. The molecule has 6 heteroatoms. The zero-order chi connectivity index (χ0) is 14.9. The van der Waals surface area contributed by atoms with E-state index in [1.807, 2.05) is 0 Å². The molecule has 1 saturated heterocycles. The van der Waals surface area contributed by atoms with Crippen LogP contribution in [0.15, 0.2) is 18.2 Å². The molecule has 3 nitrogen and oxygen atoms in total. The zero-order valence-electron chi connectivity index (χ0n) is 11.2. The number of nitrogens with zero attached hydrogens (tertiary/aromatic N) is 1. The van der Waals surface area contributed by atoms with Crippen LogP contribution in [0.4, 0.5) is 8.78 Å². The predicted molar refractivity (Wildman–Crippen MR) is 73.9 cm³/mol. The van der Waals surface area contributed by atoms with Crippen LogP contribution < -0.4 is 5.73 Å². The lowest BCUT2D eigenvalue weighted by molar-refractivity contribution is -0.132. The Morgan fingerprint density at radius 3 is 2.80 bits per heavy atom. The summed E-state index contributed by atoms with van der Waals surface area (Å²) < 4.78 is 26.2. The summed E-state index contributed by atoms with van der Waals surface area (Å²) in [5.41, 5.74) is 6.57. The van der Waals surface area contributed by atoms with Gasteiger partial charge in [-0.2, -0.15) is 0 Å². The first-order valence-corrected chi connectivity index (χ1v) is 6.91. The second-order valence-electron chi connectivity index (χ2n) is 5.15. The molecular formula is C14H17ClF2N2O. The van der Waals surface area contributed by atoms with Crippen molar-refractivity contribution >= 4 is 17.5 Å². The number of hydrogen-bond acceptors (Lipinski definition) is 2. The summed E-state index contributed by atoms with van der Waals surface area (Å²) in [5.74, 6) is -1.10. The number of carbonyl (C=O) groups is 1. The number of alkyl halides is 1. The molecule has 0 saturated carbocycles. The van der Waals surface area contributed by atoms with Gasteiger partial charge in [0.05, 0.1) is 12.6 Å². The van der Waals surface area contributed by atoms with Crippen LogP contribution in [0.1, 0.15) is 24.8 Å². The number of halogens is 3. The van der Waals surface area contributed by atoms with Crippen molar-refractivity contribution in [3.63, 3.8) is 0 Å². The number of benzene rings is 1. The maximum Gasteiger partial charge on any atom is 0.240 e. The van der Waals surface area contributed by atoms with Gasteiger partial charge in [0.2, 0.25) is 5.91 Å². The highest BCUT2D eigenvalue weighted by Gasteiger charge is 2.32. The van der Waals surface area contributed by atoms with Crippen molar-refractivity contribution in [2.45, 2.75) is 31.5 Å². The van der Waals surface area contributed by atoms with E-state index < -0.39 is 18.0 Å². The first-order valence-electron chi connectivity index (χ1n) is 6.53. The van der Waals surface area contributed by atoms with Gasteiger partial charge in [-0.1, -0.05) is 24.6 Å². The standard InChI is InChI=1S/C14H17ClF2N2O/c1-8(11-3-2-9(16)6-12(11)15)13(18)14(20)19-5-4-10(17)7-19/h2-3,6,8,10,13H,4-5,7,18H2,1H3/t8-,10-,13-/m0/s1. The van der Waals surface area contributed by atoms with Gasteiger partial charge in [0.25, 0.3) is 0 Å².